The molecule has 10 heteroatoms. The Bertz CT molecular complexity index is 867. The molecule has 33 heavy (non-hydrogen) atoms. The fraction of sp³-hybridized carbons (Fsp3) is 0.652. The van der Waals surface area contributed by atoms with Gasteiger partial charge in [-0.2, -0.15) is 13.2 Å². The van der Waals surface area contributed by atoms with Gasteiger partial charge in [0.1, 0.15) is 0 Å². The van der Waals surface area contributed by atoms with Crippen molar-refractivity contribution in [2.45, 2.75) is 56.8 Å². The highest BCUT2D eigenvalue weighted by Crippen LogP contribution is 2.36. The van der Waals surface area contributed by atoms with Crippen LogP contribution in [0.4, 0.5) is 24.5 Å². The summed E-state index contributed by atoms with van der Waals surface area (Å²) in [7, 11) is 0. The number of hydrogen-bond donors (Lipinski definition) is 1. The first-order valence-electron chi connectivity index (χ1n) is 11.6. The maximum atomic E-state index is 13.6. The van der Waals surface area contributed by atoms with Gasteiger partial charge in [0.2, 0.25) is 0 Å². The maximum Gasteiger partial charge on any atom is 0.471 e. The third-order valence-corrected chi connectivity index (χ3v) is 6.86. The van der Waals surface area contributed by atoms with E-state index in [2.05, 4.69) is 9.80 Å². The SMILES string of the molecule is O=C(O)c1ccc(N2CCC[C@H]2CN2CCCC2)cc1N(C(=O)C(F)(F)F)C1CCOCC1. The molecule has 3 fully saturated rings. The van der Waals surface area contributed by atoms with E-state index in [1.807, 2.05) is 0 Å². The van der Waals surface area contributed by atoms with Crippen molar-refractivity contribution in [2.75, 3.05) is 49.2 Å². The van der Waals surface area contributed by atoms with Crippen molar-refractivity contribution in [3.05, 3.63) is 23.8 Å². The van der Waals surface area contributed by atoms with Crippen molar-refractivity contribution in [1.29, 1.82) is 0 Å². The summed E-state index contributed by atoms with van der Waals surface area (Å²) in [5.41, 5.74) is 0.155. The molecule has 1 N–H and O–H groups in total. The van der Waals surface area contributed by atoms with Gasteiger partial charge in [0.25, 0.3) is 0 Å². The van der Waals surface area contributed by atoms with Crippen LogP contribution >= 0.6 is 0 Å². The molecule has 182 valence electrons. The molecular formula is C23H30F3N3O4. The molecule has 3 saturated heterocycles. The molecule has 0 radical (unpaired) electrons. The summed E-state index contributed by atoms with van der Waals surface area (Å²) < 4.78 is 46.0. The van der Waals surface area contributed by atoms with Crippen LogP contribution in [0.5, 0.6) is 0 Å². The van der Waals surface area contributed by atoms with Crippen molar-refractivity contribution in [3.63, 3.8) is 0 Å². The lowest BCUT2D eigenvalue weighted by Crippen LogP contribution is -2.50. The van der Waals surface area contributed by atoms with E-state index in [9.17, 15) is 27.9 Å². The Labute approximate surface area is 191 Å². The van der Waals surface area contributed by atoms with E-state index in [1.165, 1.54) is 25.0 Å². The Morgan fingerprint density at radius 3 is 2.39 bits per heavy atom. The van der Waals surface area contributed by atoms with Gasteiger partial charge >= 0.3 is 18.1 Å². The number of carboxylic acids is 1. The summed E-state index contributed by atoms with van der Waals surface area (Å²) >= 11 is 0. The van der Waals surface area contributed by atoms with E-state index < -0.39 is 24.1 Å². The molecule has 1 amide bonds. The van der Waals surface area contributed by atoms with Gasteiger partial charge in [0, 0.05) is 44.1 Å². The molecule has 7 nitrogen and oxygen atoms in total. The van der Waals surface area contributed by atoms with Crippen LogP contribution in [0.2, 0.25) is 0 Å². The minimum Gasteiger partial charge on any atom is -0.478 e. The van der Waals surface area contributed by atoms with Gasteiger partial charge in [-0.15, -0.1) is 0 Å². The van der Waals surface area contributed by atoms with Crippen molar-refractivity contribution >= 4 is 23.3 Å². The van der Waals surface area contributed by atoms with Crippen molar-refractivity contribution in [1.82, 2.24) is 4.90 Å². The topological polar surface area (TPSA) is 73.3 Å². The highest BCUT2D eigenvalue weighted by Gasteiger charge is 2.46. The smallest absolute Gasteiger partial charge is 0.471 e. The zero-order valence-electron chi connectivity index (χ0n) is 18.5. The number of amides is 1. The predicted molar refractivity (Wildman–Crippen MR) is 117 cm³/mol. The fourth-order valence-corrected chi connectivity index (χ4v) is 5.26. The van der Waals surface area contributed by atoms with Crippen LogP contribution in [0.15, 0.2) is 18.2 Å². The van der Waals surface area contributed by atoms with Gasteiger partial charge < -0.3 is 24.5 Å². The van der Waals surface area contributed by atoms with Crippen molar-refractivity contribution < 1.29 is 32.6 Å². The maximum absolute atomic E-state index is 13.6. The molecule has 0 unspecified atom stereocenters. The number of carbonyl (C=O) groups excluding carboxylic acids is 1. The second-order valence-corrected chi connectivity index (χ2v) is 9.02. The van der Waals surface area contributed by atoms with Crippen molar-refractivity contribution in [3.8, 4) is 0 Å². The second-order valence-electron chi connectivity index (χ2n) is 9.02. The third kappa shape index (κ3) is 5.27. The fourth-order valence-electron chi connectivity index (χ4n) is 5.26. The molecule has 4 rings (SSSR count). The highest BCUT2D eigenvalue weighted by atomic mass is 19.4. The van der Waals surface area contributed by atoms with Crippen LogP contribution in [0, 0.1) is 0 Å². The van der Waals surface area contributed by atoms with E-state index in [4.69, 9.17) is 4.74 Å². The minimum atomic E-state index is -5.12. The average Bonchev–Trinajstić information content (AvgIpc) is 3.46. The number of carboxylic acid groups (broad SMARTS) is 1. The number of benzene rings is 1. The molecule has 1 aromatic carbocycles. The predicted octanol–water partition coefficient (Wildman–Crippen LogP) is 3.52. The van der Waals surface area contributed by atoms with Crippen LogP contribution in [0.25, 0.3) is 0 Å². The van der Waals surface area contributed by atoms with Gasteiger partial charge in [-0.25, -0.2) is 4.79 Å². The number of alkyl halides is 3. The molecule has 0 bridgehead atoms. The molecule has 0 saturated carbocycles. The number of aromatic carboxylic acids is 1. The normalized spacial score (nSPS) is 22.6. The zero-order chi connectivity index (χ0) is 23.6. The first-order valence-corrected chi connectivity index (χ1v) is 11.6. The number of anilines is 2. The lowest BCUT2D eigenvalue weighted by Gasteiger charge is -2.36. The van der Waals surface area contributed by atoms with Crippen LogP contribution in [0.3, 0.4) is 0 Å². The van der Waals surface area contributed by atoms with Crippen LogP contribution in [0.1, 0.15) is 48.9 Å². The van der Waals surface area contributed by atoms with Gasteiger partial charge in [0.05, 0.1) is 11.3 Å². The summed E-state index contributed by atoms with van der Waals surface area (Å²) in [5.74, 6) is -3.40. The summed E-state index contributed by atoms with van der Waals surface area (Å²) in [4.78, 5) is 29.7. The average molecular weight is 470 g/mol. The van der Waals surface area contributed by atoms with Gasteiger partial charge in [-0.1, -0.05) is 0 Å². The Balaban J connectivity index is 1.70. The molecule has 0 aromatic heterocycles. The van der Waals surface area contributed by atoms with Crippen LogP contribution in [-0.2, 0) is 9.53 Å². The molecular weight excluding hydrogens is 439 g/mol. The minimum absolute atomic E-state index is 0.193. The highest BCUT2D eigenvalue weighted by molar-refractivity contribution is 6.05. The monoisotopic (exact) mass is 469 g/mol. The second kappa shape index (κ2) is 9.89. The summed E-state index contributed by atoms with van der Waals surface area (Å²) in [5, 5.41) is 9.73. The number of ether oxygens (including phenoxy) is 1. The van der Waals surface area contributed by atoms with Gasteiger partial charge in [0.15, 0.2) is 0 Å². The molecule has 0 spiro atoms. The van der Waals surface area contributed by atoms with Gasteiger partial charge in [-0.05, 0) is 69.8 Å². The molecule has 3 aliphatic rings. The first-order chi connectivity index (χ1) is 15.8. The van der Waals surface area contributed by atoms with Crippen LogP contribution in [-0.4, -0.2) is 79.5 Å². The van der Waals surface area contributed by atoms with E-state index in [0.29, 0.717) is 10.6 Å². The van der Waals surface area contributed by atoms with E-state index in [1.54, 1.807) is 6.07 Å². The molecule has 0 aliphatic carbocycles. The molecule has 1 aromatic rings. The molecule has 1 atom stereocenters. The van der Waals surface area contributed by atoms with Gasteiger partial charge in [-0.3, -0.25) is 4.79 Å². The standard InChI is InChI=1S/C23H30F3N3O4/c24-23(25,26)22(32)29(16-7-12-33-13-8-16)20-14-17(5-6-19(20)21(30)31)28-11-3-4-18(28)15-27-9-1-2-10-27/h5-6,14,16,18H,1-4,7-13,15H2,(H,30,31)/t18-/m0/s1. The Morgan fingerprint density at radius 1 is 1.06 bits per heavy atom. The lowest BCUT2D eigenvalue weighted by molar-refractivity contribution is -0.171. The summed E-state index contributed by atoms with van der Waals surface area (Å²) in [6.45, 7) is 4.16. The number of rotatable bonds is 6. The van der Waals surface area contributed by atoms with E-state index in [0.717, 1.165) is 39.0 Å². The van der Waals surface area contributed by atoms with Crippen LogP contribution < -0.4 is 9.80 Å². The largest absolute Gasteiger partial charge is 0.478 e. The number of halogens is 3. The Hall–Kier alpha value is -2.33. The van der Waals surface area contributed by atoms with Crippen molar-refractivity contribution in [2.24, 2.45) is 0 Å². The Morgan fingerprint density at radius 2 is 1.76 bits per heavy atom. The number of nitrogens with zero attached hydrogens (tertiary/aromatic N) is 3. The quantitative estimate of drug-likeness (QED) is 0.687. The van der Waals surface area contributed by atoms with E-state index in [-0.39, 0.29) is 43.3 Å². The third-order valence-electron chi connectivity index (χ3n) is 6.86. The van der Waals surface area contributed by atoms with E-state index >= 15 is 0 Å². The summed E-state index contributed by atoms with van der Waals surface area (Å²) in [6.07, 6.45) is -0.417. The lowest BCUT2D eigenvalue weighted by atomic mass is 10.0. The molecule has 3 aliphatic heterocycles. The number of hydrogen-bond acceptors (Lipinski definition) is 5. The first kappa shape index (κ1) is 23.8. The summed E-state index contributed by atoms with van der Waals surface area (Å²) in [6, 6.07) is 3.87. The zero-order valence-corrected chi connectivity index (χ0v) is 18.5. The Kier molecular flexibility index (Phi) is 7.13. The number of likely N-dealkylation sites (tertiary alicyclic amines) is 1. The molecule has 3 heterocycles. The number of carbonyl (C=O) groups is 2.